The molecule has 1 aromatic carbocycles. The summed E-state index contributed by atoms with van der Waals surface area (Å²) in [6, 6.07) is 10.2. The molecular weight excluding hydrogens is 352 g/mol. The minimum absolute atomic E-state index is 0.00638. The number of amides is 2. The summed E-state index contributed by atoms with van der Waals surface area (Å²) in [5.74, 6) is -0.0488. The Kier molecular flexibility index (Phi) is 10.0. The zero-order valence-corrected chi connectivity index (χ0v) is 17.3. The Morgan fingerprint density at radius 1 is 1.04 bits per heavy atom. The number of benzene rings is 1. The highest BCUT2D eigenvalue weighted by molar-refractivity contribution is 5.91. The van der Waals surface area contributed by atoms with Gasteiger partial charge in [-0.2, -0.15) is 0 Å². The van der Waals surface area contributed by atoms with E-state index >= 15 is 0 Å². The predicted molar refractivity (Wildman–Crippen MR) is 112 cm³/mol. The van der Waals surface area contributed by atoms with Crippen molar-refractivity contribution in [1.82, 2.24) is 10.6 Å². The molecule has 5 nitrogen and oxygen atoms in total. The number of hydrogen-bond acceptors (Lipinski definition) is 3. The fourth-order valence-electron chi connectivity index (χ4n) is 3.71. The second-order valence-electron chi connectivity index (χ2n) is 7.75. The molecule has 0 aromatic heterocycles. The predicted octanol–water partition coefficient (Wildman–Crippen LogP) is 3.76. The fourth-order valence-corrected chi connectivity index (χ4v) is 3.71. The lowest BCUT2D eigenvalue weighted by molar-refractivity contribution is -0.135. The molecule has 1 saturated carbocycles. The van der Waals surface area contributed by atoms with Gasteiger partial charge in [-0.05, 0) is 37.7 Å². The lowest BCUT2D eigenvalue weighted by Crippen LogP contribution is -2.59. The van der Waals surface area contributed by atoms with Crippen molar-refractivity contribution in [1.29, 1.82) is 0 Å². The standard InChI is InChI=1S/C23H36N2O3/c1-2-3-17-24-22(27)23(15-8-5-9-16-23)25-21(26)13-10-18-28-19-14-20-11-6-4-7-12-20/h4,6-7,11-12H,2-3,5,8-10,13-19H2,1H3,(H,24,27)(H,25,26). The van der Waals surface area contributed by atoms with Crippen LogP contribution in [0.4, 0.5) is 0 Å². The first-order chi connectivity index (χ1) is 13.7. The van der Waals surface area contributed by atoms with Crippen molar-refractivity contribution in [3.05, 3.63) is 35.9 Å². The second kappa shape index (κ2) is 12.6. The Hall–Kier alpha value is -1.88. The van der Waals surface area contributed by atoms with Crippen LogP contribution in [0.3, 0.4) is 0 Å². The average molecular weight is 389 g/mol. The smallest absolute Gasteiger partial charge is 0.245 e. The molecule has 0 unspecified atom stereocenters. The number of carbonyl (C=O) groups is 2. The van der Waals surface area contributed by atoms with E-state index in [-0.39, 0.29) is 11.8 Å². The molecule has 1 aliphatic rings. The number of rotatable bonds is 12. The highest BCUT2D eigenvalue weighted by atomic mass is 16.5. The molecular formula is C23H36N2O3. The second-order valence-corrected chi connectivity index (χ2v) is 7.75. The molecule has 156 valence electrons. The van der Waals surface area contributed by atoms with Crippen LogP contribution in [0.1, 0.15) is 70.3 Å². The summed E-state index contributed by atoms with van der Waals surface area (Å²) in [5, 5.41) is 6.09. The molecule has 0 saturated heterocycles. The minimum atomic E-state index is -0.711. The van der Waals surface area contributed by atoms with Gasteiger partial charge in [-0.1, -0.05) is 62.9 Å². The topological polar surface area (TPSA) is 67.4 Å². The lowest BCUT2D eigenvalue weighted by Gasteiger charge is -2.36. The number of carbonyl (C=O) groups excluding carboxylic acids is 2. The fraction of sp³-hybridized carbons (Fsp3) is 0.652. The van der Waals surface area contributed by atoms with Gasteiger partial charge in [-0.15, -0.1) is 0 Å². The van der Waals surface area contributed by atoms with Gasteiger partial charge in [-0.25, -0.2) is 0 Å². The maximum atomic E-state index is 12.7. The molecule has 2 N–H and O–H groups in total. The molecule has 0 bridgehead atoms. The van der Waals surface area contributed by atoms with Gasteiger partial charge in [0.1, 0.15) is 5.54 Å². The van der Waals surface area contributed by atoms with E-state index in [1.54, 1.807) is 0 Å². The molecule has 0 spiro atoms. The van der Waals surface area contributed by atoms with Gasteiger partial charge in [0.15, 0.2) is 0 Å². The molecule has 0 aliphatic heterocycles. The lowest BCUT2D eigenvalue weighted by atomic mass is 9.80. The van der Waals surface area contributed by atoms with Crippen LogP contribution in [0.25, 0.3) is 0 Å². The SMILES string of the molecule is CCCCNC(=O)C1(NC(=O)CCCOCCc2ccccc2)CCCCC1. The van der Waals surface area contributed by atoms with Crippen LogP contribution in [0.2, 0.25) is 0 Å². The van der Waals surface area contributed by atoms with Gasteiger partial charge in [0.2, 0.25) is 11.8 Å². The van der Waals surface area contributed by atoms with E-state index in [1.165, 1.54) is 5.56 Å². The van der Waals surface area contributed by atoms with Gasteiger partial charge < -0.3 is 15.4 Å². The summed E-state index contributed by atoms with van der Waals surface area (Å²) in [6.07, 6.45) is 8.56. The van der Waals surface area contributed by atoms with E-state index in [1.807, 2.05) is 18.2 Å². The van der Waals surface area contributed by atoms with Gasteiger partial charge in [0, 0.05) is 19.6 Å². The first-order valence-corrected chi connectivity index (χ1v) is 10.9. The van der Waals surface area contributed by atoms with Crippen molar-refractivity contribution in [2.75, 3.05) is 19.8 Å². The zero-order chi connectivity index (χ0) is 20.1. The van der Waals surface area contributed by atoms with E-state index in [0.717, 1.165) is 51.4 Å². The molecule has 0 atom stereocenters. The van der Waals surface area contributed by atoms with Gasteiger partial charge in [-0.3, -0.25) is 9.59 Å². The number of unbranched alkanes of at least 4 members (excludes halogenated alkanes) is 1. The van der Waals surface area contributed by atoms with Gasteiger partial charge in [0.25, 0.3) is 0 Å². The molecule has 1 aliphatic carbocycles. The van der Waals surface area contributed by atoms with Crippen molar-refractivity contribution < 1.29 is 14.3 Å². The van der Waals surface area contributed by atoms with Crippen LogP contribution < -0.4 is 10.6 Å². The molecule has 0 heterocycles. The van der Waals surface area contributed by atoms with E-state index in [0.29, 0.717) is 32.6 Å². The van der Waals surface area contributed by atoms with E-state index < -0.39 is 5.54 Å². The zero-order valence-electron chi connectivity index (χ0n) is 17.3. The Balaban J connectivity index is 1.68. The molecule has 1 fully saturated rings. The first kappa shape index (κ1) is 22.4. The quantitative estimate of drug-likeness (QED) is 0.536. The summed E-state index contributed by atoms with van der Waals surface area (Å²) in [4.78, 5) is 25.2. The Labute approximate surface area is 169 Å². The largest absolute Gasteiger partial charge is 0.381 e. The third kappa shape index (κ3) is 7.63. The summed E-state index contributed by atoms with van der Waals surface area (Å²) in [6.45, 7) is 4.01. The molecule has 2 amide bonds. The maximum absolute atomic E-state index is 12.7. The minimum Gasteiger partial charge on any atom is -0.381 e. The van der Waals surface area contributed by atoms with Crippen molar-refractivity contribution in [3.63, 3.8) is 0 Å². The van der Waals surface area contributed by atoms with Gasteiger partial charge in [0.05, 0.1) is 6.61 Å². The van der Waals surface area contributed by atoms with E-state index in [4.69, 9.17) is 4.74 Å². The third-order valence-electron chi connectivity index (χ3n) is 5.41. The summed E-state index contributed by atoms with van der Waals surface area (Å²) >= 11 is 0. The average Bonchev–Trinajstić information content (AvgIpc) is 2.72. The molecule has 5 heteroatoms. The van der Waals surface area contributed by atoms with Crippen LogP contribution in [0.5, 0.6) is 0 Å². The van der Waals surface area contributed by atoms with E-state index in [2.05, 4.69) is 29.7 Å². The summed E-state index contributed by atoms with van der Waals surface area (Å²) < 4.78 is 5.66. The molecule has 0 radical (unpaired) electrons. The monoisotopic (exact) mass is 388 g/mol. The Morgan fingerprint density at radius 2 is 1.79 bits per heavy atom. The third-order valence-corrected chi connectivity index (χ3v) is 5.41. The van der Waals surface area contributed by atoms with Crippen molar-refractivity contribution in [3.8, 4) is 0 Å². The van der Waals surface area contributed by atoms with Crippen molar-refractivity contribution in [2.45, 2.75) is 76.7 Å². The van der Waals surface area contributed by atoms with Crippen LogP contribution in [-0.4, -0.2) is 37.1 Å². The number of nitrogens with one attached hydrogen (secondary N) is 2. The van der Waals surface area contributed by atoms with Crippen LogP contribution in [0, 0.1) is 0 Å². The summed E-state index contributed by atoms with van der Waals surface area (Å²) in [7, 11) is 0. The Bertz CT molecular complexity index is 583. The van der Waals surface area contributed by atoms with Crippen LogP contribution in [-0.2, 0) is 20.7 Å². The normalized spacial score (nSPS) is 15.8. The van der Waals surface area contributed by atoms with Crippen LogP contribution in [0.15, 0.2) is 30.3 Å². The van der Waals surface area contributed by atoms with Crippen molar-refractivity contribution >= 4 is 11.8 Å². The van der Waals surface area contributed by atoms with Gasteiger partial charge >= 0.3 is 0 Å². The van der Waals surface area contributed by atoms with Crippen LogP contribution >= 0.6 is 0 Å². The van der Waals surface area contributed by atoms with E-state index in [9.17, 15) is 9.59 Å². The maximum Gasteiger partial charge on any atom is 0.245 e. The number of hydrogen-bond donors (Lipinski definition) is 2. The highest BCUT2D eigenvalue weighted by Crippen LogP contribution is 2.28. The number of ether oxygens (including phenoxy) is 1. The summed E-state index contributed by atoms with van der Waals surface area (Å²) in [5.41, 5.74) is 0.547. The molecule has 28 heavy (non-hydrogen) atoms. The highest BCUT2D eigenvalue weighted by Gasteiger charge is 2.40. The molecule has 1 aromatic rings. The first-order valence-electron chi connectivity index (χ1n) is 10.9. The molecule has 2 rings (SSSR count). The van der Waals surface area contributed by atoms with Crippen molar-refractivity contribution in [2.24, 2.45) is 0 Å². The Morgan fingerprint density at radius 3 is 2.50 bits per heavy atom.